The van der Waals surface area contributed by atoms with Crippen LogP contribution in [0.4, 0.5) is 4.39 Å². The molecule has 0 spiro atoms. The number of hydrogen-bond acceptors (Lipinski definition) is 2. The summed E-state index contributed by atoms with van der Waals surface area (Å²) in [6.45, 7) is 5.63. The Hall–Kier alpha value is -1.91. The van der Waals surface area contributed by atoms with E-state index in [0.29, 0.717) is 5.56 Å². The van der Waals surface area contributed by atoms with Crippen LogP contribution in [0.2, 0.25) is 0 Å². The smallest absolute Gasteiger partial charge is 0.246 e. The Bertz CT molecular complexity index is 547. The third-order valence-corrected chi connectivity index (χ3v) is 4.22. The Morgan fingerprint density at radius 1 is 1.33 bits per heavy atom. The molecule has 0 radical (unpaired) electrons. The van der Waals surface area contributed by atoms with E-state index in [-0.39, 0.29) is 30.1 Å². The molecule has 21 heavy (non-hydrogen) atoms. The Kier molecular flexibility index (Phi) is 4.60. The third-order valence-electron chi connectivity index (χ3n) is 4.22. The first-order chi connectivity index (χ1) is 9.95. The molecule has 1 heterocycles. The monoisotopic (exact) mass is 292 g/mol. The highest BCUT2D eigenvalue weighted by molar-refractivity contribution is 5.95. The van der Waals surface area contributed by atoms with Crippen LogP contribution in [-0.4, -0.2) is 29.3 Å². The van der Waals surface area contributed by atoms with Crippen LogP contribution in [-0.2, 0) is 9.59 Å². The van der Waals surface area contributed by atoms with Crippen molar-refractivity contribution in [2.45, 2.75) is 39.3 Å². The van der Waals surface area contributed by atoms with Gasteiger partial charge in [-0.15, -0.1) is 0 Å². The number of amides is 2. The van der Waals surface area contributed by atoms with Gasteiger partial charge < -0.3 is 10.2 Å². The van der Waals surface area contributed by atoms with Gasteiger partial charge in [0, 0.05) is 5.56 Å². The zero-order valence-corrected chi connectivity index (χ0v) is 12.6. The normalized spacial score (nSPS) is 21.9. The van der Waals surface area contributed by atoms with E-state index in [9.17, 15) is 14.0 Å². The molecule has 4 nitrogen and oxygen atoms in total. The van der Waals surface area contributed by atoms with E-state index in [1.165, 1.54) is 11.0 Å². The molecular formula is C16H21FN2O2. The molecule has 1 saturated heterocycles. The van der Waals surface area contributed by atoms with E-state index in [0.717, 1.165) is 6.42 Å². The van der Waals surface area contributed by atoms with E-state index in [1.54, 1.807) is 25.1 Å². The standard InChI is InChI=1S/C16H21FN2O2/c1-4-10(2)15-16(21)19(9-14(20)18-15)11(3)12-7-5-6-8-13(12)17/h5-8,10-11,15H,4,9H2,1-3H3,(H,18,20). The lowest BCUT2D eigenvalue weighted by atomic mass is 9.94. The minimum absolute atomic E-state index is 0.0265. The molecule has 2 amide bonds. The number of rotatable bonds is 4. The first-order valence-corrected chi connectivity index (χ1v) is 7.30. The van der Waals surface area contributed by atoms with Gasteiger partial charge in [-0.25, -0.2) is 4.39 Å². The fraction of sp³-hybridized carbons (Fsp3) is 0.500. The van der Waals surface area contributed by atoms with Gasteiger partial charge in [0.05, 0.1) is 6.04 Å². The molecular weight excluding hydrogens is 271 g/mol. The maximum Gasteiger partial charge on any atom is 0.246 e. The highest BCUT2D eigenvalue weighted by Gasteiger charge is 2.38. The van der Waals surface area contributed by atoms with E-state index in [2.05, 4.69) is 5.32 Å². The van der Waals surface area contributed by atoms with E-state index in [1.807, 2.05) is 13.8 Å². The lowest BCUT2D eigenvalue weighted by Gasteiger charge is -2.38. The Balaban J connectivity index is 2.27. The van der Waals surface area contributed by atoms with Gasteiger partial charge in [-0.2, -0.15) is 0 Å². The Morgan fingerprint density at radius 3 is 2.62 bits per heavy atom. The SMILES string of the molecule is CCC(C)C1NC(=O)CN(C(C)c2ccccc2F)C1=O. The Labute approximate surface area is 124 Å². The van der Waals surface area contributed by atoms with Crippen molar-refractivity contribution in [3.05, 3.63) is 35.6 Å². The van der Waals surface area contributed by atoms with Crippen molar-refractivity contribution in [1.29, 1.82) is 0 Å². The van der Waals surface area contributed by atoms with Crippen LogP contribution in [0.3, 0.4) is 0 Å². The fourth-order valence-corrected chi connectivity index (χ4v) is 2.62. The van der Waals surface area contributed by atoms with Crippen molar-refractivity contribution in [3.8, 4) is 0 Å². The minimum Gasteiger partial charge on any atom is -0.342 e. The lowest BCUT2D eigenvalue weighted by Crippen LogP contribution is -2.60. The van der Waals surface area contributed by atoms with Gasteiger partial charge >= 0.3 is 0 Å². The van der Waals surface area contributed by atoms with Crippen molar-refractivity contribution in [2.24, 2.45) is 5.92 Å². The minimum atomic E-state index is -0.523. The first kappa shape index (κ1) is 15.5. The van der Waals surface area contributed by atoms with Gasteiger partial charge in [-0.1, -0.05) is 38.5 Å². The number of hydrogen-bond donors (Lipinski definition) is 1. The summed E-state index contributed by atoms with van der Waals surface area (Å²) < 4.78 is 13.9. The number of carbonyl (C=O) groups is 2. The fourth-order valence-electron chi connectivity index (χ4n) is 2.62. The van der Waals surface area contributed by atoms with Crippen LogP contribution in [0, 0.1) is 11.7 Å². The van der Waals surface area contributed by atoms with E-state index < -0.39 is 12.1 Å². The predicted molar refractivity (Wildman–Crippen MR) is 77.9 cm³/mol. The largest absolute Gasteiger partial charge is 0.342 e. The summed E-state index contributed by atoms with van der Waals surface area (Å²) in [7, 11) is 0. The van der Waals surface area contributed by atoms with Gasteiger partial charge in [-0.05, 0) is 18.9 Å². The molecule has 0 bridgehead atoms. The van der Waals surface area contributed by atoms with Gasteiger partial charge in [0.1, 0.15) is 18.4 Å². The summed E-state index contributed by atoms with van der Waals surface area (Å²) in [6, 6.07) is 5.37. The van der Waals surface area contributed by atoms with Crippen LogP contribution in [0.25, 0.3) is 0 Å². The van der Waals surface area contributed by atoms with Gasteiger partial charge in [0.15, 0.2) is 0 Å². The van der Waals surface area contributed by atoms with Crippen LogP contribution in [0.5, 0.6) is 0 Å². The number of benzene rings is 1. The quantitative estimate of drug-likeness (QED) is 0.925. The molecule has 1 aromatic rings. The number of halogens is 1. The molecule has 0 aliphatic carbocycles. The maximum atomic E-state index is 13.9. The summed E-state index contributed by atoms with van der Waals surface area (Å²) in [4.78, 5) is 25.9. The molecule has 5 heteroatoms. The van der Waals surface area contributed by atoms with Crippen LogP contribution >= 0.6 is 0 Å². The highest BCUT2D eigenvalue weighted by Crippen LogP contribution is 2.26. The lowest BCUT2D eigenvalue weighted by molar-refractivity contribution is -0.148. The molecule has 1 aliphatic rings. The molecule has 1 fully saturated rings. The number of nitrogens with one attached hydrogen (secondary N) is 1. The van der Waals surface area contributed by atoms with Crippen molar-refractivity contribution < 1.29 is 14.0 Å². The van der Waals surface area contributed by atoms with Crippen molar-refractivity contribution in [1.82, 2.24) is 10.2 Å². The number of piperazine rings is 1. The molecule has 3 atom stereocenters. The predicted octanol–water partition coefficient (Wildman–Crippen LogP) is 2.26. The van der Waals surface area contributed by atoms with Crippen molar-refractivity contribution in [3.63, 3.8) is 0 Å². The van der Waals surface area contributed by atoms with E-state index >= 15 is 0 Å². The molecule has 114 valence electrons. The summed E-state index contributed by atoms with van der Waals surface area (Å²) in [5.41, 5.74) is 0.434. The van der Waals surface area contributed by atoms with Crippen LogP contribution in [0.15, 0.2) is 24.3 Å². The summed E-state index contributed by atoms with van der Waals surface area (Å²) in [5.74, 6) is -0.635. The second-order valence-corrected chi connectivity index (χ2v) is 5.59. The maximum absolute atomic E-state index is 13.9. The number of carbonyl (C=O) groups excluding carboxylic acids is 2. The second kappa shape index (κ2) is 6.24. The van der Waals surface area contributed by atoms with Crippen LogP contribution < -0.4 is 5.32 Å². The summed E-state index contributed by atoms with van der Waals surface area (Å²) in [5, 5.41) is 2.74. The molecule has 3 unspecified atom stereocenters. The third kappa shape index (κ3) is 3.06. The molecule has 2 rings (SSSR count). The van der Waals surface area contributed by atoms with Crippen molar-refractivity contribution >= 4 is 11.8 Å². The van der Waals surface area contributed by atoms with E-state index in [4.69, 9.17) is 0 Å². The molecule has 0 aromatic heterocycles. The highest BCUT2D eigenvalue weighted by atomic mass is 19.1. The second-order valence-electron chi connectivity index (χ2n) is 5.59. The Morgan fingerprint density at radius 2 is 2.00 bits per heavy atom. The zero-order chi connectivity index (χ0) is 15.6. The summed E-state index contributed by atoms with van der Waals surface area (Å²) >= 11 is 0. The number of nitrogens with zero attached hydrogens (tertiary/aromatic N) is 1. The molecule has 1 aliphatic heterocycles. The average molecular weight is 292 g/mol. The molecule has 1 aromatic carbocycles. The zero-order valence-electron chi connectivity index (χ0n) is 12.6. The average Bonchev–Trinajstić information content (AvgIpc) is 2.48. The molecule has 1 N–H and O–H groups in total. The van der Waals surface area contributed by atoms with Gasteiger partial charge in [0.25, 0.3) is 0 Å². The summed E-state index contributed by atoms with van der Waals surface area (Å²) in [6.07, 6.45) is 0.790. The van der Waals surface area contributed by atoms with Gasteiger partial charge in [0.2, 0.25) is 11.8 Å². The topological polar surface area (TPSA) is 49.4 Å². The molecule has 0 saturated carbocycles. The van der Waals surface area contributed by atoms with Crippen LogP contribution in [0.1, 0.15) is 38.8 Å². The first-order valence-electron chi connectivity index (χ1n) is 7.30. The van der Waals surface area contributed by atoms with Gasteiger partial charge in [-0.3, -0.25) is 9.59 Å². The van der Waals surface area contributed by atoms with Crippen molar-refractivity contribution in [2.75, 3.05) is 6.54 Å².